The molecule has 0 saturated carbocycles. The van der Waals surface area contributed by atoms with Crippen molar-refractivity contribution in [2.75, 3.05) is 7.11 Å². The summed E-state index contributed by atoms with van der Waals surface area (Å²) in [6.07, 6.45) is 0. The van der Waals surface area contributed by atoms with E-state index < -0.39 is 17.9 Å². The van der Waals surface area contributed by atoms with Gasteiger partial charge < -0.3 is 20.3 Å². The summed E-state index contributed by atoms with van der Waals surface area (Å²) >= 11 is 0. The number of rotatable bonds is 3. The number of ether oxygens (including phenoxy) is 1. The monoisotopic (exact) mass is 239 g/mol. The van der Waals surface area contributed by atoms with Gasteiger partial charge in [-0.15, -0.1) is 0 Å². The predicted octanol–water partition coefficient (Wildman–Crippen LogP) is 0.389. The molecule has 0 aliphatic heterocycles. The maximum Gasteiger partial charge on any atom is 0.328 e. The first kappa shape index (κ1) is 12.8. The van der Waals surface area contributed by atoms with Crippen LogP contribution in [0.3, 0.4) is 0 Å². The van der Waals surface area contributed by atoms with Gasteiger partial charge in [0, 0.05) is 11.6 Å². The van der Waals surface area contributed by atoms with Crippen molar-refractivity contribution in [3.63, 3.8) is 0 Å². The summed E-state index contributed by atoms with van der Waals surface area (Å²) in [7, 11) is 1.21. The van der Waals surface area contributed by atoms with Crippen molar-refractivity contribution in [3.05, 3.63) is 23.8 Å². The third-order valence-corrected chi connectivity index (χ3v) is 2.07. The molecule has 1 aromatic carbocycles. The number of nitrogens with one attached hydrogen (secondary N) is 1. The summed E-state index contributed by atoms with van der Waals surface area (Å²) in [4.78, 5) is 22.7. The summed E-state index contributed by atoms with van der Waals surface area (Å²) in [5.74, 6) is -1.64. The molecule has 1 amide bonds. The van der Waals surface area contributed by atoms with Crippen LogP contribution in [0.5, 0.6) is 11.5 Å². The standard InChI is InChI=1S/C11H13NO5/c1-6(11(16)17-2)12-10(15)7-3-8(13)5-9(14)4-7/h3-6,13-14H,1-2H3,(H,12,15). The average Bonchev–Trinajstić information content (AvgIpc) is 2.26. The highest BCUT2D eigenvalue weighted by Crippen LogP contribution is 2.20. The zero-order valence-corrected chi connectivity index (χ0v) is 9.43. The Morgan fingerprint density at radius 3 is 2.24 bits per heavy atom. The van der Waals surface area contributed by atoms with Crippen LogP contribution in [0.4, 0.5) is 0 Å². The topological polar surface area (TPSA) is 95.9 Å². The minimum atomic E-state index is -0.808. The zero-order valence-electron chi connectivity index (χ0n) is 9.43. The summed E-state index contributed by atoms with van der Waals surface area (Å²) in [5, 5.41) is 20.8. The SMILES string of the molecule is COC(=O)C(C)NC(=O)c1cc(O)cc(O)c1. The second-order valence-electron chi connectivity index (χ2n) is 3.46. The Kier molecular flexibility index (Phi) is 3.92. The second-order valence-corrected chi connectivity index (χ2v) is 3.46. The zero-order chi connectivity index (χ0) is 13.0. The summed E-state index contributed by atoms with van der Waals surface area (Å²) in [6, 6.07) is 2.65. The lowest BCUT2D eigenvalue weighted by Gasteiger charge is -2.11. The van der Waals surface area contributed by atoms with Crippen LogP contribution in [0.1, 0.15) is 17.3 Å². The molecule has 0 saturated heterocycles. The molecule has 0 heterocycles. The van der Waals surface area contributed by atoms with Gasteiger partial charge in [0.05, 0.1) is 7.11 Å². The van der Waals surface area contributed by atoms with Gasteiger partial charge in [0.1, 0.15) is 17.5 Å². The number of carbonyl (C=O) groups excluding carboxylic acids is 2. The van der Waals surface area contributed by atoms with E-state index in [0.717, 1.165) is 6.07 Å². The third kappa shape index (κ3) is 3.37. The van der Waals surface area contributed by atoms with Crippen molar-refractivity contribution in [3.8, 4) is 11.5 Å². The molecule has 92 valence electrons. The van der Waals surface area contributed by atoms with Crippen molar-refractivity contribution in [2.24, 2.45) is 0 Å². The molecule has 1 rings (SSSR count). The van der Waals surface area contributed by atoms with Gasteiger partial charge in [-0.05, 0) is 19.1 Å². The molecule has 6 heteroatoms. The molecule has 0 fully saturated rings. The van der Waals surface area contributed by atoms with Crippen LogP contribution in [0, 0.1) is 0 Å². The molecule has 0 aromatic heterocycles. The molecule has 1 aromatic rings. The second kappa shape index (κ2) is 5.20. The highest BCUT2D eigenvalue weighted by Gasteiger charge is 2.17. The summed E-state index contributed by atoms with van der Waals surface area (Å²) < 4.78 is 4.44. The summed E-state index contributed by atoms with van der Waals surface area (Å²) in [5.41, 5.74) is 0.0539. The van der Waals surface area contributed by atoms with Gasteiger partial charge in [-0.3, -0.25) is 4.79 Å². The Hall–Kier alpha value is -2.24. The Labute approximate surface area is 97.8 Å². The van der Waals surface area contributed by atoms with E-state index in [1.165, 1.54) is 26.2 Å². The van der Waals surface area contributed by atoms with E-state index in [1.807, 2.05) is 0 Å². The Bertz CT molecular complexity index is 423. The fourth-order valence-corrected chi connectivity index (χ4v) is 1.24. The summed E-state index contributed by atoms with van der Waals surface area (Å²) in [6.45, 7) is 1.46. The van der Waals surface area contributed by atoms with Crippen LogP contribution >= 0.6 is 0 Å². The van der Waals surface area contributed by atoms with Gasteiger partial charge in [-0.25, -0.2) is 4.79 Å². The van der Waals surface area contributed by atoms with Crippen LogP contribution < -0.4 is 5.32 Å². The number of phenols is 2. The van der Waals surface area contributed by atoms with Crippen molar-refractivity contribution in [1.29, 1.82) is 0 Å². The van der Waals surface area contributed by atoms with E-state index in [-0.39, 0.29) is 17.1 Å². The Morgan fingerprint density at radius 1 is 1.24 bits per heavy atom. The first-order valence-electron chi connectivity index (χ1n) is 4.85. The maximum absolute atomic E-state index is 11.6. The lowest BCUT2D eigenvalue weighted by molar-refractivity contribution is -0.142. The van der Waals surface area contributed by atoms with Crippen LogP contribution in [-0.4, -0.2) is 35.2 Å². The average molecular weight is 239 g/mol. The highest BCUT2D eigenvalue weighted by molar-refractivity contribution is 5.97. The molecule has 0 bridgehead atoms. The van der Waals surface area contributed by atoms with E-state index in [4.69, 9.17) is 0 Å². The number of esters is 1. The molecule has 3 N–H and O–H groups in total. The van der Waals surface area contributed by atoms with Gasteiger partial charge in [-0.2, -0.15) is 0 Å². The molecule has 17 heavy (non-hydrogen) atoms. The number of carbonyl (C=O) groups is 2. The number of methoxy groups -OCH3 is 1. The lowest BCUT2D eigenvalue weighted by Crippen LogP contribution is -2.39. The lowest BCUT2D eigenvalue weighted by atomic mass is 10.1. The Morgan fingerprint density at radius 2 is 1.76 bits per heavy atom. The molecule has 0 aliphatic carbocycles. The largest absolute Gasteiger partial charge is 0.508 e. The number of aromatic hydroxyl groups is 2. The molecule has 1 unspecified atom stereocenters. The van der Waals surface area contributed by atoms with Gasteiger partial charge in [0.15, 0.2) is 0 Å². The molecule has 6 nitrogen and oxygen atoms in total. The minimum absolute atomic E-state index is 0.0539. The molecule has 0 spiro atoms. The van der Waals surface area contributed by atoms with Gasteiger partial charge >= 0.3 is 5.97 Å². The number of phenolic OH excluding ortho intramolecular Hbond substituents is 2. The highest BCUT2D eigenvalue weighted by atomic mass is 16.5. The first-order chi connectivity index (χ1) is 7.93. The third-order valence-electron chi connectivity index (χ3n) is 2.07. The van der Waals surface area contributed by atoms with Gasteiger partial charge in [0.25, 0.3) is 5.91 Å². The van der Waals surface area contributed by atoms with Crippen molar-refractivity contribution in [2.45, 2.75) is 13.0 Å². The van der Waals surface area contributed by atoms with Crippen LogP contribution in [-0.2, 0) is 9.53 Å². The first-order valence-corrected chi connectivity index (χ1v) is 4.85. The Balaban J connectivity index is 2.79. The minimum Gasteiger partial charge on any atom is -0.508 e. The van der Waals surface area contributed by atoms with E-state index in [9.17, 15) is 19.8 Å². The van der Waals surface area contributed by atoms with Crippen LogP contribution in [0.2, 0.25) is 0 Å². The molecular weight excluding hydrogens is 226 g/mol. The predicted molar refractivity (Wildman–Crippen MR) is 58.7 cm³/mol. The van der Waals surface area contributed by atoms with Crippen molar-refractivity contribution in [1.82, 2.24) is 5.32 Å². The molecule has 1 atom stereocenters. The van der Waals surface area contributed by atoms with Gasteiger partial charge in [-0.1, -0.05) is 0 Å². The fourth-order valence-electron chi connectivity index (χ4n) is 1.24. The quantitative estimate of drug-likeness (QED) is 0.663. The number of amides is 1. The van der Waals surface area contributed by atoms with Crippen LogP contribution in [0.25, 0.3) is 0 Å². The van der Waals surface area contributed by atoms with E-state index in [0.29, 0.717) is 0 Å². The van der Waals surface area contributed by atoms with Gasteiger partial charge in [0.2, 0.25) is 0 Å². The molecule has 0 radical (unpaired) electrons. The van der Waals surface area contributed by atoms with Crippen molar-refractivity contribution >= 4 is 11.9 Å². The normalized spacial score (nSPS) is 11.6. The van der Waals surface area contributed by atoms with E-state index >= 15 is 0 Å². The molecule has 0 aliphatic rings. The van der Waals surface area contributed by atoms with E-state index in [2.05, 4.69) is 10.1 Å². The molecular formula is C11H13NO5. The van der Waals surface area contributed by atoms with Crippen molar-refractivity contribution < 1.29 is 24.5 Å². The number of benzene rings is 1. The maximum atomic E-state index is 11.6. The van der Waals surface area contributed by atoms with Crippen LogP contribution in [0.15, 0.2) is 18.2 Å². The number of hydrogen-bond donors (Lipinski definition) is 3. The number of hydrogen-bond acceptors (Lipinski definition) is 5. The van der Waals surface area contributed by atoms with E-state index in [1.54, 1.807) is 0 Å². The smallest absolute Gasteiger partial charge is 0.328 e. The fraction of sp³-hybridized carbons (Fsp3) is 0.273.